The molecule has 0 atom stereocenters. The predicted molar refractivity (Wildman–Crippen MR) is 190 cm³/mol. The third-order valence-corrected chi connectivity index (χ3v) is 9.16. The van der Waals surface area contributed by atoms with Crippen LogP contribution in [0.25, 0.3) is 88.8 Å². The zero-order valence-electron chi connectivity index (χ0n) is 25.8. The highest BCUT2D eigenvalue weighted by Crippen LogP contribution is 2.39. The zero-order chi connectivity index (χ0) is 31.6. The molecule has 6 heteroatoms. The molecule has 224 valence electrons. The molecule has 0 aliphatic heterocycles. The van der Waals surface area contributed by atoms with E-state index in [1.54, 1.807) is 16.2 Å². The smallest absolute Gasteiger partial charge is 0.328 e. The summed E-state index contributed by atoms with van der Waals surface area (Å²) < 4.78 is 9.76. The Bertz CT molecular complexity index is 2730. The molecule has 47 heavy (non-hydrogen) atoms. The van der Waals surface area contributed by atoms with Gasteiger partial charge in [0, 0.05) is 41.6 Å². The van der Waals surface area contributed by atoms with Gasteiger partial charge in [-0.3, -0.25) is 9.13 Å². The van der Waals surface area contributed by atoms with Crippen molar-refractivity contribution in [2.45, 2.75) is 0 Å². The lowest BCUT2D eigenvalue weighted by Gasteiger charge is -2.11. The van der Waals surface area contributed by atoms with Crippen molar-refractivity contribution in [3.05, 3.63) is 144 Å². The van der Waals surface area contributed by atoms with Crippen molar-refractivity contribution in [1.29, 1.82) is 0 Å². The zero-order valence-corrected chi connectivity index (χ0v) is 25.8. The van der Waals surface area contributed by atoms with E-state index in [1.807, 2.05) is 61.6 Å². The molecule has 0 aliphatic carbocycles. The fourth-order valence-corrected chi connectivity index (χ4v) is 6.72. The number of fused-ring (bicyclic) bond motifs is 5. The predicted octanol–water partition coefficient (Wildman–Crippen LogP) is 9.39. The quantitative estimate of drug-likeness (QED) is 0.200. The molecule has 0 fully saturated rings. The van der Waals surface area contributed by atoms with E-state index in [9.17, 15) is 4.79 Å². The number of furan rings is 1. The Morgan fingerprint density at radius 3 is 2.06 bits per heavy atom. The Morgan fingerprint density at radius 2 is 1.21 bits per heavy atom. The van der Waals surface area contributed by atoms with E-state index < -0.39 is 0 Å². The van der Waals surface area contributed by atoms with Gasteiger partial charge < -0.3 is 4.42 Å². The number of imidazole rings is 1. The second-order valence-electron chi connectivity index (χ2n) is 12.0. The van der Waals surface area contributed by atoms with E-state index in [1.165, 1.54) is 0 Å². The Kier molecular flexibility index (Phi) is 5.99. The summed E-state index contributed by atoms with van der Waals surface area (Å²) in [5.74, 6) is 0.652. The third-order valence-electron chi connectivity index (χ3n) is 9.16. The number of benzene rings is 6. The summed E-state index contributed by atoms with van der Waals surface area (Å²) >= 11 is 0. The van der Waals surface area contributed by atoms with E-state index in [0.717, 1.165) is 82.9 Å². The second-order valence-corrected chi connectivity index (χ2v) is 12.0. The van der Waals surface area contributed by atoms with E-state index in [0.29, 0.717) is 5.82 Å². The summed E-state index contributed by atoms with van der Waals surface area (Å²) in [6, 6.07) is 45.5. The lowest BCUT2D eigenvalue weighted by molar-refractivity contribution is 0.669. The van der Waals surface area contributed by atoms with E-state index in [4.69, 9.17) is 14.4 Å². The average molecular weight is 609 g/mol. The summed E-state index contributed by atoms with van der Waals surface area (Å²) in [6.45, 7) is 0. The lowest BCUT2D eigenvalue weighted by Crippen LogP contribution is -2.19. The molecule has 0 saturated heterocycles. The Balaban J connectivity index is 1.25. The first kappa shape index (κ1) is 27.1. The van der Waals surface area contributed by atoms with Crippen molar-refractivity contribution in [2.75, 3.05) is 0 Å². The van der Waals surface area contributed by atoms with Crippen LogP contribution in [0.5, 0.6) is 0 Å². The van der Waals surface area contributed by atoms with Gasteiger partial charge in [0.05, 0.1) is 22.4 Å². The number of rotatable bonds is 4. The van der Waals surface area contributed by atoms with Gasteiger partial charge >= 0.3 is 5.69 Å². The van der Waals surface area contributed by atoms with Crippen molar-refractivity contribution in [2.24, 2.45) is 14.1 Å². The molecule has 0 aliphatic rings. The van der Waals surface area contributed by atoms with Gasteiger partial charge in [-0.15, -0.1) is 0 Å². The number of nitrogens with zero attached hydrogens (tertiary/aromatic N) is 4. The monoisotopic (exact) mass is 608 g/mol. The van der Waals surface area contributed by atoms with Crippen molar-refractivity contribution >= 4 is 43.7 Å². The largest absolute Gasteiger partial charge is 0.456 e. The van der Waals surface area contributed by atoms with Gasteiger partial charge in [-0.05, 0) is 64.4 Å². The normalized spacial score (nSPS) is 11.7. The summed E-state index contributed by atoms with van der Waals surface area (Å²) in [6.07, 6.45) is 0. The van der Waals surface area contributed by atoms with Crippen molar-refractivity contribution < 1.29 is 4.42 Å². The Labute approximate surface area is 269 Å². The summed E-state index contributed by atoms with van der Waals surface area (Å²) in [7, 11) is 3.61. The van der Waals surface area contributed by atoms with Crippen LogP contribution >= 0.6 is 0 Å². The maximum absolute atomic E-state index is 12.6. The molecule has 0 amide bonds. The van der Waals surface area contributed by atoms with Crippen LogP contribution < -0.4 is 5.69 Å². The Morgan fingerprint density at radius 1 is 0.532 bits per heavy atom. The van der Waals surface area contributed by atoms with Gasteiger partial charge in [0.2, 0.25) is 0 Å². The minimum atomic E-state index is -0.0403. The minimum Gasteiger partial charge on any atom is -0.456 e. The maximum atomic E-state index is 12.6. The van der Waals surface area contributed by atoms with Crippen molar-refractivity contribution in [3.63, 3.8) is 0 Å². The first-order chi connectivity index (χ1) is 23.0. The maximum Gasteiger partial charge on any atom is 0.328 e. The summed E-state index contributed by atoms with van der Waals surface area (Å²) in [5.41, 5.74) is 10.0. The van der Waals surface area contributed by atoms with E-state index in [2.05, 4.69) is 78.9 Å². The SMILES string of the molecule is Cn1c(=O)n(C)c2cc(-c3cccc(-c4cc(-c5cccc6oc7cc8ccccc8cc7c56)nc(-c5ccccc5)n4)c3)ccc21. The van der Waals surface area contributed by atoms with Crippen LogP contribution in [0.1, 0.15) is 0 Å². The molecule has 0 N–H and O–H groups in total. The van der Waals surface area contributed by atoms with Gasteiger partial charge in [0.25, 0.3) is 0 Å². The highest BCUT2D eigenvalue weighted by molar-refractivity contribution is 6.15. The first-order valence-corrected chi connectivity index (χ1v) is 15.6. The first-order valence-electron chi connectivity index (χ1n) is 15.6. The highest BCUT2D eigenvalue weighted by atomic mass is 16.3. The van der Waals surface area contributed by atoms with Crippen LogP contribution in [-0.4, -0.2) is 19.1 Å². The molecular weight excluding hydrogens is 580 g/mol. The summed E-state index contributed by atoms with van der Waals surface area (Å²) in [4.78, 5) is 22.8. The van der Waals surface area contributed by atoms with Gasteiger partial charge in [-0.1, -0.05) is 91.0 Å². The molecule has 0 unspecified atom stereocenters. The van der Waals surface area contributed by atoms with Gasteiger partial charge in [0.1, 0.15) is 11.2 Å². The molecule has 0 radical (unpaired) electrons. The summed E-state index contributed by atoms with van der Waals surface area (Å²) in [5, 5.41) is 4.40. The number of aromatic nitrogens is 4. The van der Waals surface area contributed by atoms with Crippen LogP contribution in [0.15, 0.2) is 143 Å². The van der Waals surface area contributed by atoms with Crippen LogP contribution in [0, 0.1) is 0 Å². The third kappa shape index (κ3) is 4.37. The fourth-order valence-electron chi connectivity index (χ4n) is 6.72. The van der Waals surface area contributed by atoms with Crippen LogP contribution in [0.4, 0.5) is 0 Å². The highest BCUT2D eigenvalue weighted by Gasteiger charge is 2.18. The molecule has 3 aromatic heterocycles. The molecule has 3 heterocycles. The molecular formula is C41H28N4O2. The van der Waals surface area contributed by atoms with Crippen LogP contribution in [0.2, 0.25) is 0 Å². The van der Waals surface area contributed by atoms with Crippen LogP contribution in [0.3, 0.4) is 0 Å². The van der Waals surface area contributed by atoms with Crippen LogP contribution in [-0.2, 0) is 14.1 Å². The second kappa shape index (κ2) is 10.4. The molecule has 0 spiro atoms. The number of hydrogen-bond acceptors (Lipinski definition) is 4. The fraction of sp³-hybridized carbons (Fsp3) is 0.0488. The molecule has 0 saturated carbocycles. The Hall–Kier alpha value is -6.27. The number of hydrogen-bond donors (Lipinski definition) is 0. The van der Waals surface area contributed by atoms with Crippen molar-refractivity contribution in [1.82, 2.24) is 19.1 Å². The van der Waals surface area contributed by atoms with Gasteiger partial charge in [0.15, 0.2) is 5.82 Å². The number of aryl methyl sites for hydroxylation is 2. The molecule has 6 nitrogen and oxygen atoms in total. The van der Waals surface area contributed by atoms with Crippen molar-refractivity contribution in [3.8, 4) is 45.0 Å². The molecule has 9 rings (SSSR count). The molecule has 6 aromatic carbocycles. The topological polar surface area (TPSA) is 65.8 Å². The molecule has 0 bridgehead atoms. The minimum absolute atomic E-state index is 0.0403. The van der Waals surface area contributed by atoms with Gasteiger partial charge in [-0.25, -0.2) is 14.8 Å². The van der Waals surface area contributed by atoms with E-state index in [-0.39, 0.29) is 5.69 Å². The van der Waals surface area contributed by atoms with E-state index >= 15 is 0 Å². The standard InChI is InChI=1S/C41H28N4O2/c1-44-35-19-18-29(22-36(35)45(2)41(44)46)26-14-8-15-30(20-26)33-24-34(43-40(42-33)25-10-4-3-5-11-25)31-16-9-17-37-39(31)32-21-27-12-6-7-13-28(27)23-38(32)47-37/h3-24H,1-2H3. The van der Waals surface area contributed by atoms with Gasteiger partial charge in [-0.2, -0.15) is 0 Å². The molecule has 9 aromatic rings. The average Bonchev–Trinajstić information content (AvgIpc) is 3.60. The lowest BCUT2D eigenvalue weighted by atomic mass is 9.98.